The van der Waals surface area contributed by atoms with Crippen LogP contribution in [0.25, 0.3) is 0 Å². The fourth-order valence-electron chi connectivity index (χ4n) is 1.99. The normalized spacial score (nSPS) is 11.3. The highest BCUT2D eigenvalue weighted by molar-refractivity contribution is 5.47. The Labute approximate surface area is 113 Å². The smallest absolute Gasteiger partial charge is 0.0366 e. The van der Waals surface area contributed by atoms with Gasteiger partial charge in [-0.15, -0.1) is 0 Å². The zero-order valence-electron chi connectivity index (χ0n) is 12.6. The van der Waals surface area contributed by atoms with Crippen LogP contribution >= 0.6 is 0 Å². The molecule has 0 radical (unpaired) electrons. The zero-order chi connectivity index (χ0) is 13.5. The van der Waals surface area contributed by atoms with Crippen LogP contribution in [0.2, 0.25) is 0 Å². The number of benzene rings is 1. The molecule has 0 fully saturated rings. The number of rotatable bonds is 7. The summed E-state index contributed by atoms with van der Waals surface area (Å²) in [5.74, 6) is 0.611. The topological polar surface area (TPSA) is 6.48 Å². The van der Waals surface area contributed by atoms with Crippen LogP contribution in [0.5, 0.6) is 0 Å². The lowest BCUT2D eigenvalue weighted by molar-refractivity contribution is 0.359. The van der Waals surface area contributed by atoms with Crippen LogP contribution in [0.3, 0.4) is 0 Å². The Morgan fingerprint density at radius 2 is 1.56 bits per heavy atom. The molecule has 2 nitrogen and oxygen atoms in total. The van der Waals surface area contributed by atoms with Gasteiger partial charge in [-0.2, -0.15) is 0 Å². The van der Waals surface area contributed by atoms with Crippen LogP contribution in [-0.2, 0) is 0 Å². The highest BCUT2D eigenvalue weighted by Crippen LogP contribution is 2.19. The molecule has 18 heavy (non-hydrogen) atoms. The van der Waals surface area contributed by atoms with Crippen LogP contribution < -0.4 is 4.90 Å². The van der Waals surface area contributed by atoms with Gasteiger partial charge in [-0.1, -0.05) is 32.9 Å². The van der Waals surface area contributed by atoms with E-state index in [1.165, 1.54) is 11.3 Å². The summed E-state index contributed by atoms with van der Waals surface area (Å²) in [6, 6.07) is 9.02. The van der Waals surface area contributed by atoms with Crippen molar-refractivity contribution in [1.82, 2.24) is 4.90 Å². The minimum Gasteiger partial charge on any atom is -0.371 e. The third-order valence-corrected chi connectivity index (χ3v) is 3.60. The van der Waals surface area contributed by atoms with Gasteiger partial charge in [0.1, 0.15) is 0 Å². The molecule has 0 aliphatic rings. The average Bonchev–Trinajstić information content (AvgIpc) is 2.39. The van der Waals surface area contributed by atoms with Crippen molar-refractivity contribution < 1.29 is 0 Å². The maximum Gasteiger partial charge on any atom is 0.0366 e. The van der Waals surface area contributed by atoms with Gasteiger partial charge < -0.3 is 9.80 Å². The number of anilines is 1. The molecule has 0 saturated carbocycles. The highest BCUT2D eigenvalue weighted by atomic mass is 15.2. The van der Waals surface area contributed by atoms with Crippen LogP contribution in [0.1, 0.15) is 39.2 Å². The molecule has 102 valence electrons. The standard InChI is InChI=1S/C16H28N2/c1-6-17(5)12-13-18(7-2)16-10-8-15(9-11-16)14(3)4/h8-11,14H,6-7,12-13H2,1-5H3. The summed E-state index contributed by atoms with van der Waals surface area (Å²) in [5, 5.41) is 0. The maximum atomic E-state index is 2.44. The van der Waals surface area contributed by atoms with Crippen LogP contribution in [0.15, 0.2) is 24.3 Å². The van der Waals surface area contributed by atoms with Crippen LogP contribution in [-0.4, -0.2) is 38.1 Å². The summed E-state index contributed by atoms with van der Waals surface area (Å²) in [4.78, 5) is 4.79. The SMILES string of the molecule is CCN(C)CCN(CC)c1ccc(C(C)C)cc1. The third kappa shape index (κ3) is 4.34. The molecular formula is C16H28N2. The van der Waals surface area contributed by atoms with Crippen molar-refractivity contribution in [3.63, 3.8) is 0 Å². The summed E-state index contributed by atoms with van der Waals surface area (Å²) in [6.45, 7) is 13.3. The molecule has 0 unspecified atom stereocenters. The summed E-state index contributed by atoms with van der Waals surface area (Å²) in [6.07, 6.45) is 0. The Bertz CT molecular complexity index is 329. The minimum atomic E-state index is 0.611. The van der Waals surface area contributed by atoms with Gasteiger partial charge >= 0.3 is 0 Å². The monoisotopic (exact) mass is 248 g/mol. The van der Waals surface area contributed by atoms with Crippen LogP contribution in [0.4, 0.5) is 5.69 Å². The number of hydrogen-bond acceptors (Lipinski definition) is 2. The summed E-state index contributed by atoms with van der Waals surface area (Å²) in [7, 11) is 2.18. The van der Waals surface area contributed by atoms with Gasteiger partial charge in [0.05, 0.1) is 0 Å². The zero-order valence-corrected chi connectivity index (χ0v) is 12.6. The van der Waals surface area contributed by atoms with Crippen molar-refractivity contribution in [1.29, 1.82) is 0 Å². The molecule has 0 bridgehead atoms. The lowest BCUT2D eigenvalue weighted by Crippen LogP contribution is -2.33. The van der Waals surface area contributed by atoms with E-state index >= 15 is 0 Å². The molecule has 0 aromatic heterocycles. The predicted molar refractivity (Wildman–Crippen MR) is 81.6 cm³/mol. The second-order valence-electron chi connectivity index (χ2n) is 5.22. The molecule has 0 N–H and O–H groups in total. The summed E-state index contributed by atoms with van der Waals surface area (Å²) in [5.41, 5.74) is 2.76. The van der Waals surface area contributed by atoms with Crippen molar-refractivity contribution in [3.8, 4) is 0 Å². The minimum absolute atomic E-state index is 0.611. The second-order valence-corrected chi connectivity index (χ2v) is 5.22. The number of nitrogens with zero attached hydrogens (tertiary/aromatic N) is 2. The summed E-state index contributed by atoms with van der Waals surface area (Å²) >= 11 is 0. The molecule has 0 aliphatic carbocycles. The Balaban J connectivity index is 2.64. The van der Waals surface area contributed by atoms with Crippen molar-refractivity contribution in [2.45, 2.75) is 33.6 Å². The first kappa shape index (κ1) is 15.0. The molecule has 0 saturated heterocycles. The number of hydrogen-bond donors (Lipinski definition) is 0. The van der Waals surface area contributed by atoms with Gasteiger partial charge in [0, 0.05) is 25.3 Å². The third-order valence-electron chi connectivity index (χ3n) is 3.60. The molecule has 1 aromatic rings. The van der Waals surface area contributed by atoms with E-state index < -0.39 is 0 Å². The lowest BCUT2D eigenvalue weighted by atomic mass is 10.0. The maximum absolute atomic E-state index is 2.44. The van der Waals surface area contributed by atoms with Gasteiger partial charge in [0.25, 0.3) is 0 Å². The van der Waals surface area contributed by atoms with Gasteiger partial charge in [0.2, 0.25) is 0 Å². The molecule has 1 rings (SSSR count). The largest absolute Gasteiger partial charge is 0.371 e. The van der Waals surface area contributed by atoms with Crippen molar-refractivity contribution in [3.05, 3.63) is 29.8 Å². The van der Waals surface area contributed by atoms with Gasteiger partial charge in [0.15, 0.2) is 0 Å². The summed E-state index contributed by atoms with van der Waals surface area (Å²) < 4.78 is 0. The first-order chi connectivity index (χ1) is 8.58. The Morgan fingerprint density at radius 3 is 2.00 bits per heavy atom. The van der Waals surface area contributed by atoms with E-state index in [2.05, 4.69) is 68.8 Å². The second kappa shape index (κ2) is 7.42. The first-order valence-corrected chi connectivity index (χ1v) is 7.11. The molecule has 0 spiro atoms. The van der Waals surface area contributed by atoms with Gasteiger partial charge in [-0.25, -0.2) is 0 Å². The lowest BCUT2D eigenvalue weighted by Gasteiger charge is -2.26. The molecule has 1 aromatic carbocycles. The van der Waals surface area contributed by atoms with Crippen molar-refractivity contribution in [2.24, 2.45) is 0 Å². The predicted octanol–water partition coefficient (Wildman–Crippen LogP) is 3.59. The molecular weight excluding hydrogens is 220 g/mol. The Kier molecular flexibility index (Phi) is 6.20. The molecule has 0 amide bonds. The van der Waals surface area contributed by atoms with Gasteiger partial charge in [-0.05, 0) is 44.1 Å². The van der Waals surface area contributed by atoms with E-state index in [1.807, 2.05) is 0 Å². The molecule has 0 atom stereocenters. The van der Waals surface area contributed by atoms with Gasteiger partial charge in [-0.3, -0.25) is 0 Å². The van der Waals surface area contributed by atoms with E-state index in [0.29, 0.717) is 5.92 Å². The van der Waals surface area contributed by atoms with E-state index in [0.717, 1.165) is 26.2 Å². The molecule has 0 heterocycles. The fraction of sp³-hybridized carbons (Fsp3) is 0.625. The van der Waals surface area contributed by atoms with E-state index in [1.54, 1.807) is 0 Å². The van der Waals surface area contributed by atoms with Crippen molar-refractivity contribution >= 4 is 5.69 Å². The first-order valence-electron chi connectivity index (χ1n) is 7.11. The van der Waals surface area contributed by atoms with Crippen molar-refractivity contribution in [2.75, 3.05) is 38.1 Å². The Morgan fingerprint density at radius 1 is 0.944 bits per heavy atom. The number of likely N-dealkylation sites (N-methyl/N-ethyl adjacent to an activating group) is 2. The fourth-order valence-corrected chi connectivity index (χ4v) is 1.99. The quantitative estimate of drug-likeness (QED) is 0.727. The molecule has 2 heteroatoms. The van der Waals surface area contributed by atoms with E-state index in [-0.39, 0.29) is 0 Å². The van der Waals surface area contributed by atoms with E-state index in [9.17, 15) is 0 Å². The van der Waals surface area contributed by atoms with Crippen LogP contribution in [0, 0.1) is 0 Å². The molecule has 0 aliphatic heterocycles. The van der Waals surface area contributed by atoms with E-state index in [4.69, 9.17) is 0 Å². The Hall–Kier alpha value is -1.02. The average molecular weight is 248 g/mol. The highest BCUT2D eigenvalue weighted by Gasteiger charge is 2.06.